The van der Waals surface area contributed by atoms with Crippen LogP contribution in [-0.2, 0) is 4.74 Å². The molecule has 6 nitrogen and oxygen atoms in total. The first kappa shape index (κ1) is 20.3. The molecule has 0 spiro atoms. The minimum Gasteiger partial charge on any atom is -0.379 e. The van der Waals surface area contributed by atoms with Crippen LogP contribution in [0.2, 0.25) is 0 Å². The average molecular weight is 408 g/mol. The van der Waals surface area contributed by atoms with Gasteiger partial charge in [0.15, 0.2) is 0 Å². The van der Waals surface area contributed by atoms with Crippen molar-refractivity contribution in [2.45, 2.75) is 13.0 Å². The average Bonchev–Trinajstić information content (AvgIpc) is 3.17. The van der Waals surface area contributed by atoms with E-state index in [2.05, 4.69) is 15.3 Å². The molecule has 156 valence electrons. The molecule has 1 N–H and O–H groups in total. The summed E-state index contributed by atoms with van der Waals surface area (Å²) in [6, 6.07) is 16.1. The number of rotatable bonds is 6. The van der Waals surface area contributed by atoms with Gasteiger partial charge in [-0.2, -0.15) is 5.10 Å². The molecular formula is C23H25FN4O2. The zero-order chi connectivity index (χ0) is 20.9. The van der Waals surface area contributed by atoms with Crippen LogP contribution in [0.5, 0.6) is 0 Å². The molecule has 2 aromatic carbocycles. The number of hydrogen-bond acceptors (Lipinski definition) is 4. The van der Waals surface area contributed by atoms with Crippen LogP contribution in [0.4, 0.5) is 4.39 Å². The Labute approximate surface area is 175 Å². The van der Waals surface area contributed by atoms with Gasteiger partial charge in [0.2, 0.25) is 0 Å². The fourth-order valence-electron chi connectivity index (χ4n) is 3.78. The normalized spacial score (nSPS) is 15.7. The Morgan fingerprint density at radius 3 is 2.53 bits per heavy atom. The van der Waals surface area contributed by atoms with Gasteiger partial charge in [-0.3, -0.25) is 9.69 Å². The first-order valence-electron chi connectivity index (χ1n) is 10.1. The summed E-state index contributed by atoms with van der Waals surface area (Å²) in [6.45, 7) is 5.13. The molecule has 1 amide bonds. The number of benzene rings is 2. The fraction of sp³-hybridized carbons (Fsp3) is 0.304. The molecular weight excluding hydrogens is 383 g/mol. The maximum absolute atomic E-state index is 13.4. The van der Waals surface area contributed by atoms with Gasteiger partial charge in [-0.05, 0) is 36.8 Å². The van der Waals surface area contributed by atoms with Gasteiger partial charge in [-0.15, -0.1) is 0 Å². The predicted molar refractivity (Wildman–Crippen MR) is 112 cm³/mol. The van der Waals surface area contributed by atoms with Crippen molar-refractivity contribution < 1.29 is 13.9 Å². The summed E-state index contributed by atoms with van der Waals surface area (Å²) < 4.78 is 20.6. The Morgan fingerprint density at radius 2 is 1.83 bits per heavy atom. The summed E-state index contributed by atoms with van der Waals surface area (Å²) in [6.07, 6.45) is 1.60. The van der Waals surface area contributed by atoms with Crippen LogP contribution in [0.15, 0.2) is 60.8 Å². The van der Waals surface area contributed by atoms with E-state index in [-0.39, 0.29) is 17.8 Å². The molecule has 0 saturated carbocycles. The summed E-state index contributed by atoms with van der Waals surface area (Å²) in [7, 11) is 0. The predicted octanol–water partition coefficient (Wildman–Crippen LogP) is 3.12. The number of nitrogens with one attached hydrogen (secondary N) is 1. The summed E-state index contributed by atoms with van der Waals surface area (Å²) >= 11 is 0. The third-order valence-electron chi connectivity index (χ3n) is 5.45. The molecule has 0 bridgehead atoms. The summed E-state index contributed by atoms with van der Waals surface area (Å²) in [5.41, 5.74) is 3.20. The Bertz CT molecular complexity index is 982. The van der Waals surface area contributed by atoms with Crippen LogP contribution in [0.3, 0.4) is 0 Å². The lowest BCUT2D eigenvalue weighted by atomic mass is 10.0. The summed E-state index contributed by atoms with van der Waals surface area (Å²) in [4.78, 5) is 15.2. The summed E-state index contributed by atoms with van der Waals surface area (Å²) in [5, 5.41) is 7.43. The maximum Gasteiger partial charge on any atom is 0.254 e. The molecule has 0 radical (unpaired) electrons. The lowest BCUT2D eigenvalue weighted by Gasteiger charge is -2.35. The van der Waals surface area contributed by atoms with Crippen molar-refractivity contribution in [3.63, 3.8) is 0 Å². The zero-order valence-electron chi connectivity index (χ0n) is 16.9. The first-order valence-corrected chi connectivity index (χ1v) is 10.1. The van der Waals surface area contributed by atoms with Crippen molar-refractivity contribution in [2.24, 2.45) is 0 Å². The fourth-order valence-corrected chi connectivity index (χ4v) is 3.78. The Kier molecular flexibility index (Phi) is 6.21. The van der Waals surface area contributed by atoms with Gasteiger partial charge in [0.25, 0.3) is 5.91 Å². The summed E-state index contributed by atoms with van der Waals surface area (Å²) in [5.74, 6) is -0.442. The number of morpholine rings is 1. The van der Waals surface area contributed by atoms with Crippen molar-refractivity contribution in [3.8, 4) is 5.69 Å². The molecule has 3 aromatic rings. The first-order chi connectivity index (χ1) is 14.6. The minimum absolute atomic E-state index is 0.0528. The van der Waals surface area contributed by atoms with E-state index in [1.54, 1.807) is 23.0 Å². The smallest absolute Gasteiger partial charge is 0.254 e. The molecule has 1 aromatic heterocycles. The Balaban J connectivity index is 1.50. The zero-order valence-corrected chi connectivity index (χ0v) is 16.9. The van der Waals surface area contributed by atoms with Crippen LogP contribution in [0, 0.1) is 12.7 Å². The maximum atomic E-state index is 13.4. The standard InChI is InChI=1S/C23H25FN4O2/c1-17-21(15-26-28(17)20-5-3-2-4-6-20)23(29)25-16-22(27-11-13-30-14-12-27)18-7-9-19(24)10-8-18/h2-10,15,22H,11-14,16H2,1H3,(H,25,29)/t22-/m1/s1. The highest BCUT2D eigenvalue weighted by molar-refractivity contribution is 5.95. The van der Waals surface area contributed by atoms with Crippen LogP contribution < -0.4 is 5.32 Å². The highest BCUT2D eigenvalue weighted by atomic mass is 19.1. The SMILES string of the molecule is Cc1c(C(=O)NC[C@H](c2ccc(F)cc2)N2CCOCC2)cnn1-c1ccccc1. The molecule has 30 heavy (non-hydrogen) atoms. The van der Waals surface area contributed by atoms with E-state index in [9.17, 15) is 9.18 Å². The number of nitrogens with zero attached hydrogens (tertiary/aromatic N) is 3. The lowest BCUT2D eigenvalue weighted by Crippen LogP contribution is -2.43. The highest BCUT2D eigenvalue weighted by Crippen LogP contribution is 2.22. The van der Waals surface area contributed by atoms with E-state index >= 15 is 0 Å². The van der Waals surface area contributed by atoms with Crippen molar-refractivity contribution in [1.82, 2.24) is 20.0 Å². The van der Waals surface area contributed by atoms with Crippen LogP contribution in [0.1, 0.15) is 27.7 Å². The molecule has 1 saturated heterocycles. The second-order valence-electron chi connectivity index (χ2n) is 7.32. The van der Waals surface area contributed by atoms with E-state index in [1.165, 1.54) is 12.1 Å². The number of hydrogen-bond donors (Lipinski definition) is 1. The van der Waals surface area contributed by atoms with E-state index in [1.807, 2.05) is 37.3 Å². The molecule has 0 aliphatic carbocycles. The molecule has 7 heteroatoms. The number of carbonyl (C=O) groups is 1. The molecule has 1 fully saturated rings. The van der Waals surface area contributed by atoms with Gasteiger partial charge in [0, 0.05) is 19.6 Å². The highest BCUT2D eigenvalue weighted by Gasteiger charge is 2.24. The van der Waals surface area contributed by atoms with Gasteiger partial charge < -0.3 is 10.1 Å². The number of aromatic nitrogens is 2. The van der Waals surface area contributed by atoms with Crippen molar-refractivity contribution in [1.29, 1.82) is 0 Å². The lowest BCUT2D eigenvalue weighted by molar-refractivity contribution is 0.0162. The Morgan fingerprint density at radius 1 is 1.13 bits per heavy atom. The van der Waals surface area contributed by atoms with Crippen molar-refractivity contribution >= 4 is 5.91 Å². The van der Waals surface area contributed by atoms with Crippen LogP contribution in [-0.4, -0.2) is 53.4 Å². The third kappa shape index (κ3) is 4.42. The van der Waals surface area contributed by atoms with Gasteiger partial charge in [0.1, 0.15) is 5.82 Å². The van der Waals surface area contributed by atoms with Gasteiger partial charge in [0.05, 0.1) is 42.4 Å². The van der Waals surface area contributed by atoms with Crippen molar-refractivity contribution in [3.05, 3.63) is 83.4 Å². The van der Waals surface area contributed by atoms with E-state index < -0.39 is 0 Å². The van der Waals surface area contributed by atoms with E-state index in [0.29, 0.717) is 25.3 Å². The molecule has 0 unspecified atom stereocenters. The van der Waals surface area contributed by atoms with Crippen LogP contribution >= 0.6 is 0 Å². The van der Waals surface area contributed by atoms with Crippen molar-refractivity contribution in [2.75, 3.05) is 32.8 Å². The second kappa shape index (κ2) is 9.19. The molecule has 1 atom stereocenters. The largest absolute Gasteiger partial charge is 0.379 e. The third-order valence-corrected chi connectivity index (χ3v) is 5.45. The number of amides is 1. The van der Waals surface area contributed by atoms with Gasteiger partial charge in [-0.1, -0.05) is 30.3 Å². The topological polar surface area (TPSA) is 59.4 Å². The van der Waals surface area contributed by atoms with E-state index in [4.69, 9.17) is 4.74 Å². The number of halogens is 1. The minimum atomic E-state index is -0.271. The molecule has 4 rings (SSSR count). The molecule has 1 aliphatic heterocycles. The quantitative estimate of drug-likeness (QED) is 0.681. The second-order valence-corrected chi connectivity index (χ2v) is 7.32. The molecule has 1 aliphatic rings. The Hall–Kier alpha value is -3.03. The van der Waals surface area contributed by atoms with Gasteiger partial charge >= 0.3 is 0 Å². The number of ether oxygens (including phenoxy) is 1. The van der Waals surface area contributed by atoms with Gasteiger partial charge in [-0.25, -0.2) is 9.07 Å². The number of para-hydroxylation sites is 1. The number of carbonyl (C=O) groups excluding carboxylic acids is 1. The molecule has 2 heterocycles. The van der Waals surface area contributed by atoms with Crippen LogP contribution in [0.25, 0.3) is 5.69 Å². The van der Waals surface area contributed by atoms with E-state index in [0.717, 1.165) is 30.0 Å². The monoisotopic (exact) mass is 408 g/mol.